The molecule has 3 aromatic rings. The number of likely N-dealkylation sites (tertiary alicyclic amines) is 1. The van der Waals surface area contributed by atoms with Crippen molar-refractivity contribution in [1.29, 1.82) is 0 Å². The Morgan fingerprint density at radius 1 is 0.938 bits per heavy atom. The SMILES string of the molecule is CCOC(=O)c1c(-c2ccc(-c3ccccc3)cc2)csc1NC(=O)CN1CCCCC1. The fourth-order valence-electron chi connectivity index (χ4n) is 4.03. The van der Waals surface area contributed by atoms with E-state index >= 15 is 0 Å². The summed E-state index contributed by atoms with van der Waals surface area (Å²) >= 11 is 1.36. The number of carbonyl (C=O) groups is 2. The predicted molar refractivity (Wildman–Crippen MR) is 130 cm³/mol. The van der Waals surface area contributed by atoms with E-state index in [0.717, 1.165) is 48.2 Å². The number of hydrogen-bond acceptors (Lipinski definition) is 5. The molecule has 0 radical (unpaired) electrons. The molecule has 1 fully saturated rings. The van der Waals surface area contributed by atoms with Gasteiger partial charge in [0, 0.05) is 10.9 Å². The summed E-state index contributed by atoms with van der Waals surface area (Å²) in [7, 11) is 0. The summed E-state index contributed by atoms with van der Waals surface area (Å²) in [6.07, 6.45) is 3.48. The molecule has 0 unspecified atom stereocenters. The van der Waals surface area contributed by atoms with E-state index < -0.39 is 5.97 Å². The maximum absolute atomic E-state index is 12.8. The van der Waals surface area contributed by atoms with Gasteiger partial charge in [0.1, 0.15) is 10.6 Å². The lowest BCUT2D eigenvalue weighted by Crippen LogP contribution is -2.36. The van der Waals surface area contributed by atoms with Gasteiger partial charge in [-0.3, -0.25) is 9.69 Å². The van der Waals surface area contributed by atoms with Gasteiger partial charge in [-0.05, 0) is 49.5 Å². The molecule has 32 heavy (non-hydrogen) atoms. The van der Waals surface area contributed by atoms with Crippen LogP contribution in [0.2, 0.25) is 0 Å². The number of nitrogens with one attached hydrogen (secondary N) is 1. The van der Waals surface area contributed by atoms with Crippen LogP contribution in [0.25, 0.3) is 22.3 Å². The standard InChI is InChI=1S/C26H28N2O3S/c1-2-31-26(30)24-22(21-13-11-20(12-14-21)19-9-5-3-6-10-19)18-32-25(24)27-23(29)17-28-15-7-4-8-16-28/h3,5-6,9-14,18H,2,4,7-8,15-17H2,1H3,(H,27,29). The first-order valence-electron chi connectivity index (χ1n) is 11.1. The van der Waals surface area contributed by atoms with E-state index in [-0.39, 0.29) is 12.5 Å². The van der Waals surface area contributed by atoms with Gasteiger partial charge in [-0.25, -0.2) is 4.79 Å². The van der Waals surface area contributed by atoms with Gasteiger partial charge in [-0.15, -0.1) is 11.3 Å². The number of hydrogen-bond donors (Lipinski definition) is 1. The highest BCUT2D eigenvalue weighted by Crippen LogP contribution is 2.37. The minimum atomic E-state index is -0.413. The fourth-order valence-corrected chi connectivity index (χ4v) is 5.00. The van der Waals surface area contributed by atoms with Crippen LogP contribution in [0.3, 0.4) is 0 Å². The second-order valence-corrected chi connectivity index (χ2v) is 8.78. The van der Waals surface area contributed by atoms with Crippen LogP contribution in [0.1, 0.15) is 36.5 Å². The Morgan fingerprint density at radius 2 is 1.59 bits per heavy atom. The number of carbonyl (C=O) groups excluding carboxylic acids is 2. The normalized spacial score (nSPS) is 14.2. The first-order valence-corrected chi connectivity index (χ1v) is 12.0. The second kappa shape index (κ2) is 10.6. The maximum Gasteiger partial charge on any atom is 0.341 e. The summed E-state index contributed by atoms with van der Waals surface area (Å²) in [5.74, 6) is -0.505. The zero-order valence-electron chi connectivity index (χ0n) is 18.3. The highest BCUT2D eigenvalue weighted by molar-refractivity contribution is 7.15. The third-order valence-corrected chi connectivity index (χ3v) is 6.54. The first-order chi connectivity index (χ1) is 15.7. The number of ether oxygens (including phenoxy) is 1. The van der Waals surface area contributed by atoms with Crippen molar-refractivity contribution >= 4 is 28.2 Å². The zero-order valence-corrected chi connectivity index (χ0v) is 19.1. The molecule has 0 saturated carbocycles. The molecular weight excluding hydrogens is 420 g/mol. The van der Waals surface area contributed by atoms with E-state index in [1.165, 1.54) is 17.8 Å². The van der Waals surface area contributed by atoms with E-state index in [2.05, 4.69) is 22.3 Å². The molecule has 1 amide bonds. The van der Waals surface area contributed by atoms with Crippen LogP contribution in [-0.4, -0.2) is 43.0 Å². The van der Waals surface area contributed by atoms with Gasteiger partial charge in [-0.1, -0.05) is 61.0 Å². The van der Waals surface area contributed by atoms with Crippen LogP contribution >= 0.6 is 11.3 Å². The van der Waals surface area contributed by atoms with Crippen molar-refractivity contribution < 1.29 is 14.3 Å². The van der Waals surface area contributed by atoms with Crippen molar-refractivity contribution in [2.75, 3.05) is 31.6 Å². The van der Waals surface area contributed by atoms with Gasteiger partial charge in [-0.2, -0.15) is 0 Å². The van der Waals surface area contributed by atoms with E-state index in [0.29, 0.717) is 17.1 Å². The lowest BCUT2D eigenvalue weighted by molar-refractivity contribution is -0.117. The third kappa shape index (κ3) is 5.26. The van der Waals surface area contributed by atoms with Crippen molar-refractivity contribution in [3.63, 3.8) is 0 Å². The fraction of sp³-hybridized carbons (Fsp3) is 0.308. The van der Waals surface area contributed by atoms with Crippen LogP contribution in [0.5, 0.6) is 0 Å². The Balaban J connectivity index is 1.57. The molecule has 0 spiro atoms. The van der Waals surface area contributed by atoms with Gasteiger partial charge in [0.15, 0.2) is 0 Å². The Morgan fingerprint density at radius 3 is 2.28 bits per heavy atom. The quantitative estimate of drug-likeness (QED) is 0.472. The Kier molecular flexibility index (Phi) is 7.35. The van der Waals surface area contributed by atoms with Gasteiger partial charge in [0.2, 0.25) is 5.91 Å². The van der Waals surface area contributed by atoms with E-state index in [4.69, 9.17) is 4.74 Å². The lowest BCUT2D eigenvalue weighted by Gasteiger charge is -2.25. The number of nitrogens with zero attached hydrogens (tertiary/aromatic N) is 1. The van der Waals surface area contributed by atoms with Gasteiger partial charge >= 0.3 is 5.97 Å². The molecule has 1 aliphatic heterocycles. The monoisotopic (exact) mass is 448 g/mol. The first kappa shape index (κ1) is 22.2. The van der Waals surface area contributed by atoms with Gasteiger partial charge in [0.05, 0.1) is 13.2 Å². The zero-order chi connectivity index (χ0) is 22.3. The highest BCUT2D eigenvalue weighted by atomic mass is 32.1. The molecular formula is C26H28N2O3S. The summed E-state index contributed by atoms with van der Waals surface area (Å²) < 4.78 is 5.32. The van der Waals surface area contributed by atoms with Crippen LogP contribution in [0.4, 0.5) is 5.00 Å². The van der Waals surface area contributed by atoms with E-state index in [1.54, 1.807) is 6.92 Å². The molecule has 5 nitrogen and oxygen atoms in total. The molecule has 1 saturated heterocycles. The van der Waals surface area contributed by atoms with Crippen LogP contribution in [0, 0.1) is 0 Å². The minimum absolute atomic E-state index is 0.0923. The highest BCUT2D eigenvalue weighted by Gasteiger charge is 2.23. The van der Waals surface area contributed by atoms with Crippen molar-refractivity contribution in [2.24, 2.45) is 0 Å². The average molecular weight is 449 g/mol. The molecule has 6 heteroatoms. The summed E-state index contributed by atoms with van der Waals surface area (Å²) in [5.41, 5.74) is 4.37. The molecule has 1 N–H and O–H groups in total. The number of thiophene rings is 1. The summed E-state index contributed by atoms with van der Waals surface area (Å²) in [6, 6.07) is 18.3. The Hall–Kier alpha value is -2.96. The van der Waals surface area contributed by atoms with Crippen LogP contribution < -0.4 is 5.32 Å². The number of anilines is 1. The van der Waals surface area contributed by atoms with Crippen LogP contribution in [0.15, 0.2) is 60.0 Å². The molecule has 166 valence electrons. The molecule has 0 aliphatic carbocycles. The number of esters is 1. The second-order valence-electron chi connectivity index (χ2n) is 7.90. The van der Waals surface area contributed by atoms with Crippen molar-refractivity contribution in [2.45, 2.75) is 26.2 Å². The Bertz CT molecular complexity index is 1050. The minimum Gasteiger partial charge on any atom is -0.462 e. The maximum atomic E-state index is 12.8. The topological polar surface area (TPSA) is 58.6 Å². The van der Waals surface area contributed by atoms with Crippen molar-refractivity contribution in [3.05, 3.63) is 65.5 Å². The van der Waals surface area contributed by atoms with E-state index in [1.807, 2.05) is 47.8 Å². The number of amides is 1. The molecule has 1 aromatic heterocycles. The summed E-state index contributed by atoms with van der Waals surface area (Å²) in [5, 5.41) is 5.43. The number of rotatable bonds is 7. The molecule has 1 aliphatic rings. The number of piperidine rings is 1. The van der Waals surface area contributed by atoms with E-state index in [9.17, 15) is 9.59 Å². The third-order valence-electron chi connectivity index (χ3n) is 5.64. The predicted octanol–water partition coefficient (Wildman–Crippen LogP) is 5.68. The lowest BCUT2D eigenvalue weighted by atomic mass is 9.99. The summed E-state index contributed by atoms with van der Waals surface area (Å²) in [6.45, 7) is 4.31. The molecule has 4 rings (SSSR count). The smallest absolute Gasteiger partial charge is 0.341 e. The van der Waals surface area contributed by atoms with Gasteiger partial charge in [0.25, 0.3) is 0 Å². The van der Waals surface area contributed by atoms with Gasteiger partial charge < -0.3 is 10.1 Å². The van der Waals surface area contributed by atoms with Crippen molar-refractivity contribution in [1.82, 2.24) is 4.90 Å². The Labute approximate surface area is 193 Å². The largest absolute Gasteiger partial charge is 0.462 e. The van der Waals surface area contributed by atoms with Crippen molar-refractivity contribution in [3.8, 4) is 22.3 Å². The number of benzene rings is 2. The van der Waals surface area contributed by atoms with Crippen LogP contribution in [-0.2, 0) is 9.53 Å². The molecule has 2 aromatic carbocycles. The average Bonchev–Trinajstić information content (AvgIpc) is 3.24. The molecule has 2 heterocycles. The summed E-state index contributed by atoms with van der Waals surface area (Å²) in [4.78, 5) is 27.6. The molecule has 0 bridgehead atoms. The molecule has 0 atom stereocenters.